The molecular weight excluding hydrogens is 362 g/mol. The molecule has 0 aliphatic carbocycles. The number of nitrogens with zero attached hydrogens (tertiary/aromatic N) is 6. The van der Waals surface area contributed by atoms with Crippen LogP contribution in [0.15, 0.2) is 30.9 Å². The minimum absolute atomic E-state index is 0.342. The van der Waals surface area contributed by atoms with Gasteiger partial charge >= 0.3 is 0 Å². The summed E-state index contributed by atoms with van der Waals surface area (Å²) in [5, 5.41) is 1.06. The van der Waals surface area contributed by atoms with Gasteiger partial charge in [0.2, 0.25) is 0 Å². The first-order chi connectivity index (χ1) is 14.0. The van der Waals surface area contributed by atoms with Crippen molar-refractivity contribution < 1.29 is 0 Å². The summed E-state index contributed by atoms with van der Waals surface area (Å²) in [7, 11) is 4.21. The van der Waals surface area contributed by atoms with Gasteiger partial charge in [-0.2, -0.15) is 0 Å². The molecule has 29 heavy (non-hydrogen) atoms. The Hall–Kier alpha value is -2.93. The molecule has 0 saturated carbocycles. The molecule has 4 aromatic rings. The quantitative estimate of drug-likeness (QED) is 0.582. The number of rotatable bonds is 3. The molecule has 7 nitrogen and oxygen atoms in total. The van der Waals surface area contributed by atoms with Gasteiger partial charge in [-0.05, 0) is 25.1 Å². The minimum atomic E-state index is 0.342. The molecule has 0 amide bonds. The maximum absolute atomic E-state index is 5.12. The van der Waals surface area contributed by atoms with Crippen LogP contribution in [0, 0.1) is 0 Å². The van der Waals surface area contributed by atoms with E-state index in [4.69, 9.17) is 4.98 Å². The van der Waals surface area contributed by atoms with Crippen molar-refractivity contribution in [3.8, 4) is 11.3 Å². The zero-order chi connectivity index (χ0) is 20.1. The molecule has 5 rings (SSSR count). The maximum atomic E-state index is 5.12. The molecule has 1 saturated heterocycles. The fourth-order valence-electron chi connectivity index (χ4n) is 4.38. The summed E-state index contributed by atoms with van der Waals surface area (Å²) in [4.78, 5) is 22.2. The predicted octanol–water partition coefficient (Wildman–Crippen LogP) is 3.39. The standard InChI is InChI=1S/C22H27N7/c1-14(2)19-20(16-12-28(4)22-15(16)11-23-13-24-22)25-17-5-6-18(26-21(17)19)29-9-7-27(3)8-10-29/h5-6,11-14,25H,7-10H2,1-4H3. The van der Waals surface area contributed by atoms with Crippen molar-refractivity contribution in [1.29, 1.82) is 0 Å². The number of hydrogen-bond acceptors (Lipinski definition) is 5. The van der Waals surface area contributed by atoms with E-state index in [0.29, 0.717) is 5.92 Å². The van der Waals surface area contributed by atoms with Crippen LogP contribution in [-0.2, 0) is 7.05 Å². The second kappa shape index (κ2) is 6.84. The molecule has 7 heteroatoms. The fraction of sp³-hybridized carbons (Fsp3) is 0.409. The van der Waals surface area contributed by atoms with E-state index in [0.717, 1.165) is 65.3 Å². The summed E-state index contributed by atoms with van der Waals surface area (Å²) < 4.78 is 2.06. The average molecular weight is 390 g/mol. The Morgan fingerprint density at radius 2 is 1.86 bits per heavy atom. The molecule has 0 unspecified atom stereocenters. The van der Waals surface area contributed by atoms with Crippen LogP contribution in [0.5, 0.6) is 0 Å². The van der Waals surface area contributed by atoms with Gasteiger partial charge in [-0.3, -0.25) is 0 Å². The van der Waals surface area contributed by atoms with E-state index in [9.17, 15) is 0 Å². The van der Waals surface area contributed by atoms with Gasteiger partial charge < -0.3 is 19.4 Å². The first-order valence-electron chi connectivity index (χ1n) is 10.2. The van der Waals surface area contributed by atoms with E-state index in [1.54, 1.807) is 6.33 Å². The molecule has 0 spiro atoms. The molecule has 1 aliphatic heterocycles. The predicted molar refractivity (Wildman–Crippen MR) is 117 cm³/mol. The van der Waals surface area contributed by atoms with E-state index in [1.165, 1.54) is 5.56 Å². The molecule has 1 aliphatic rings. The number of nitrogens with one attached hydrogen (secondary N) is 1. The summed E-state index contributed by atoms with van der Waals surface area (Å²) in [6, 6.07) is 4.32. The van der Waals surface area contributed by atoms with Crippen molar-refractivity contribution >= 4 is 27.9 Å². The number of aryl methyl sites for hydroxylation is 1. The Bertz CT molecular complexity index is 1180. The Kier molecular flexibility index (Phi) is 4.28. The molecule has 0 atom stereocenters. The second-order valence-corrected chi connectivity index (χ2v) is 8.34. The third-order valence-corrected chi connectivity index (χ3v) is 5.98. The average Bonchev–Trinajstić information content (AvgIpc) is 3.26. The normalized spacial score (nSPS) is 15.8. The lowest BCUT2D eigenvalue weighted by Crippen LogP contribution is -2.44. The van der Waals surface area contributed by atoms with Crippen LogP contribution in [0.3, 0.4) is 0 Å². The van der Waals surface area contributed by atoms with Crippen LogP contribution in [0.25, 0.3) is 33.3 Å². The molecule has 0 radical (unpaired) electrons. The van der Waals surface area contributed by atoms with Gasteiger partial charge in [-0.25, -0.2) is 15.0 Å². The highest BCUT2D eigenvalue weighted by atomic mass is 15.3. The topological polar surface area (TPSA) is 65.9 Å². The lowest BCUT2D eigenvalue weighted by molar-refractivity contribution is 0.312. The Morgan fingerprint density at radius 3 is 2.62 bits per heavy atom. The van der Waals surface area contributed by atoms with Crippen LogP contribution in [0.1, 0.15) is 25.3 Å². The summed E-state index contributed by atoms with van der Waals surface area (Å²) in [5.41, 5.74) is 6.60. The Labute approximate surface area is 170 Å². The van der Waals surface area contributed by atoms with Crippen LogP contribution in [0.2, 0.25) is 0 Å². The molecule has 1 N–H and O–H groups in total. The van der Waals surface area contributed by atoms with Gasteiger partial charge in [0, 0.05) is 62.1 Å². The SMILES string of the molecule is CC(C)c1c(-c2cn(C)c3ncncc23)[nH]c2ccc(N3CCN(C)CC3)nc12. The lowest BCUT2D eigenvalue weighted by atomic mass is 9.98. The zero-order valence-corrected chi connectivity index (χ0v) is 17.5. The van der Waals surface area contributed by atoms with Crippen molar-refractivity contribution in [3.05, 3.63) is 36.4 Å². The third kappa shape index (κ3) is 2.97. The highest BCUT2D eigenvalue weighted by Crippen LogP contribution is 2.38. The highest BCUT2D eigenvalue weighted by Gasteiger charge is 2.22. The van der Waals surface area contributed by atoms with Crippen LogP contribution >= 0.6 is 0 Å². The van der Waals surface area contributed by atoms with Gasteiger partial charge in [0.05, 0.1) is 16.7 Å². The Morgan fingerprint density at radius 1 is 1.07 bits per heavy atom. The fourth-order valence-corrected chi connectivity index (χ4v) is 4.38. The third-order valence-electron chi connectivity index (χ3n) is 5.98. The Balaban J connectivity index is 1.67. The van der Waals surface area contributed by atoms with Gasteiger partial charge in [0.15, 0.2) is 0 Å². The number of anilines is 1. The number of aromatic nitrogens is 5. The van der Waals surface area contributed by atoms with Crippen LogP contribution in [0.4, 0.5) is 5.82 Å². The lowest BCUT2D eigenvalue weighted by Gasteiger charge is -2.33. The van der Waals surface area contributed by atoms with E-state index in [1.807, 2.05) is 13.2 Å². The van der Waals surface area contributed by atoms with Crippen molar-refractivity contribution in [1.82, 2.24) is 29.4 Å². The van der Waals surface area contributed by atoms with Crippen LogP contribution < -0.4 is 4.90 Å². The molecular formula is C22H27N7. The number of hydrogen-bond donors (Lipinski definition) is 1. The smallest absolute Gasteiger partial charge is 0.143 e. The molecule has 5 heterocycles. The largest absolute Gasteiger partial charge is 0.354 e. The number of aromatic amines is 1. The van der Waals surface area contributed by atoms with Gasteiger partial charge in [0.1, 0.15) is 17.8 Å². The first-order valence-corrected chi connectivity index (χ1v) is 10.2. The number of pyridine rings is 1. The molecule has 150 valence electrons. The monoisotopic (exact) mass is 389 g/mol. The second-order valence-electron chi connectivity index (χ2n) is 8.34. The van der Waals surface area contributed by atoms with Gasteiger partial charge in [-0.1, -0.05) is 13.8 Å². The van der Waals surface area contributed by atoms with Crippen molar-refractivity contribution in [2.75, 3.05) is 38.1 Å². The maximum Gasteiger partial charge on any atom is 0.143 e. The van der Waals surface area contributed by atoms with Crippen LogP contribution in [-0.4, -0.2) is 62.6 Å². The van der Waals surface area contributed by atoms with E-state index < -0.39 is 0 Å². The summed E-state index contributed by atoms with van der Waals surface area (Å²) >= 11 is 0. The van der Waals surface area contributed by atoms with E-state index in [2.05, 4.69) is 68.5 Å². The number of likely N-dealkylation sites (N-methyl/N-ethyl adjacent to an activating group) is 1. The zero-order valence-electron chi connectivity index (χ0n) is 17.5. The van der Waals surface area contributed by atoms with Crippen molar-refractivity contribution in [3.63, 3.8) is 0 Å². The van der Waals surface area contributed by atoms with E-state index >= 15 is 0 Å². The van der Waals surface area contributed by atoms with Gasteiger partial charge in [0.25, 0.3) is 0 Å². The van der Waals surface area contributed by atoms with Crippen molar-refractivity contribution in [2.45, 2.75) is 19.8 Å². The summed E-state index contributed by atoms with van der Waals surface area (Å²) in [5.74, 6) is 1.41. The molecule has 4 aromatic heterocycles. The molecule has 0 aromatic carbocycles. The molecule has 1 fully saturated rings. The first kappa shape index (κ1) is 18.1. The highest BCUT2D eigenvalue weighted by molar-refractivity contribution is 5.98. The van der Waals surface area contributed by atoms with Crippen molar-refractivity contribution in [2.24, 2.45) is 7.05 Å². The number of H-pyrrole nitrogens is 1. The number of fused-ring (bicyclic) bond motifs is 2. The number of piperazine rings is 1. The summed E-state index contributed by atoms with van der Waals surface area (Å²) in [6.45, 7) is 8.65. The van der Waals surface area contributed by atoms with E-state index in [-0.39, 0.29) is 0 Å². The summed E-state index contributed by atoms with van der Waals surface area (Å²) in [6.07, 6.45) is 5.64. The molecule has 0 bridgehead atoms. The van der Waals surface area contributed by atoms with Gasteiger partial charge in [-0.15, -0.1) is 0 Å². The minimum Gasteiger partial charge on any atom is -0.354 e.